The first-order valence-electron chi connectivity index (χ1n) is 13.4. The van der Waals surface area contributed by atoms with Crippen molar-refractivity contribution in [1.29, 1.82) is 0 Å². The molecule has 1 saturated carbocycles. The monoisotopic (exact) mass is 556 g/mol. The molecule has 0 radical (unpaired) electrons. The third kappa shape index (κ3) is 5.54. The molecule has 39 heavy (non-hydrogen) atoms. The smallest absolute Gasteiger partial charge is 0.333 e. The molecule has 2 aromatic heterocycles. The van der Waals surface area contributed by atoms with Gasteiger partial charge in [0.25, 0.3) is 11.5 Å². The lowest BCUT2D eigenvalue weighted by atomic mass is 9.90. The number of pyridine rings is 1. The van der Waals surface area contributed by atoms with E-state index in [1.807, 2.05) is 18.7 Å². The molecule has 0 atom stereocenters. The molecule has 2 fully saturated rings. The Balaban J connectivity index is 1.36. The summed E-state index contributed by atoms with van der Waals surface area (Å²) in [4.78, 5) is 44.4. The van der Waals surface area contributed by atoms with Gasteiger partial charge in [-0.05, 0) is 81.2 Å². The van der Waals surface area contributed by atoms with E-state index in [1.165, 1.54) is 10.6 Å². The molecule has 3 aromatic rings. The largest absolute Gasteiger partial charge is 0.493 e. The summed E-state index contributed by atoms with van der Waals surface area (Å²) in [5.74, 6) is 2.08. The SMILES string of the molecule is CCOc1cc(C(=O)NC2CCC(n3c(=O)c4cc(F)cnc4n(C4CCSCC4)c3=O)CC2)ccc1OC. The Labute approximate surface area is 229 Å². The highest BCUT2D eigenvalue weighted by atomic mass is 32.2. The van der Waals surface area contributed by atoms with Gasteiger partial charge in [-0.3, -0.25) is 18.7 Å². The molecular weight excluding hydrogens is 523 g/mol. The first kappa shape index (κ1) is 27.2. The van der Waals surface area contributed by atoms with E-state index in [2.05, 4.69) is 10.3 Å². The number of benzene rings is 1. The van der Waals surface area contributed by atoms with E-state index in [-0.39, 0.29) is 40.8 Å². The fourth-order valence-corrected chi connectivity index (χ4v) is 6.71. The second kappa shape index (κ2) is 11.8. The molecule has 5 rings (SSSR count). The number of carbonyl (C=O) groups is 1. The van der Waals surface area contributed by atoms with Gasteiger partial charge in [-0.15, -0.1) is 0 Å². The molecule has 11 heteroatoms. The lowest BCUT2D eigenvalue weighted by molar-refractivity contribution is 0.0921. The van der Waals surface area contributed by atoms with E-state index < -0.39 is 11.4 Å². The normalized spacial score (nSPS) is 20.1. The van der Waals surface area contributed by atoms with Crippen molar-refractivity contribution in [2.45, 2.75) is 63.6 Å². The molecule has 9 nitrogen and oxygen atoms in total. The van der Waals surface area contributed by atoms with Gasteiger partial charge in [0.2, 0.25) is 0 Å². The zero-order valence-electron chi connectivity index (χ0n) is 22.2. The molecule has 0 spiro atoms. The second-order valence-corrected chi connectivity index (χ2v) is 11.2. The summed E-state index contributed by atoms with van der Waals surface area (Å²) in [5.41, 5.74) is -0.156. The van der Waals surface area contributed by atoms with Gasteiger partial charge in [0.05, 0.1) is 25.3 Å². The van der Waals surface area contributed by atoms with Gasteiger partial charge < -0.3 is 14.8 Å². The Morgan fingerprint density at radius 2 is 1.77 bits per heavy atom. The van der Waals surface area contributed by atoms with Crippen molar-refractivity contribution < 1.29 is 18.7 Å². The molecule has 2 aliphatic rings. The highest BCUT2D eigenvalue weighted by Gasteiger charge is 2.30. The van der Waals surface area contributed by atoms with Gasteiger partial charge in [0, 0.05) is 23.7 Å². The lowest BCUT2D eigenvalue weighted by Crippen LogP contribution is -2.46. The first-order chi connectivity index (χ1) is 18.9. The third-order valence-corrected chi connectivity index (χ3v) is 8.65. The quantitative estimate of drug-likeness (QED) is 0.468. The minimum Gasteiger partial charge on any atom is -0.493 e. The molecule has 1 saturated heterocycles. The highest BCUT2D eigenvalue weighted by Crippen LogP contribution is 2.31. The van der Waals surface area contributed by atoms with Gasteiger partial charge in [0.1, 0.15) is 11.5 Å². The summed E-state index contributed by atoms with van der Waals surface area (Å²) in [6, 6.07) is 5.74. The van der Waals surface area contributed by atoms with Crippen LogP contribution in [0.1, 0.15) is 67.9 Å². The molecule has 0 bridgehead atoms. The van der Waals surface area contributed by atoms with Crippen molar-refractivity contribution in [3.63, 3.8) is 0 Å². The molecule has 1 amide bonds. The minimum absolute atomic E-state index is 0.0761. The summed E-state index contributed by atoms with van der Waals surface area (Å²) in [6.07, 6.45) is 4.96. The number of rotatable bonds is 7. The Morgan fingerprint density at radius 1 is 1.05 bits per heavy atom. The van der Waals surface area contributed by atoms with Crippen LogP contribution in [-0.2, 0) is 0 Å². The molecule has 1 aromatic carbocycles. The van der Waals surface area contributed by atoms with E-state index >= 15 is 0 Å². The highest BCUT2D eigenvalue weighted by molar-refractivity contribution is 7.99. The Hall–Kier alpha value is -3.34. The minimum atomic E-state index is -0.604. The van der Waals surface area contributed by atoms with Crippen LogP contribution in [0, 0.1) is 5.82 Å². The number of thioether (sulfide) groups is 1. The zero-order valence-corrected chi connectivity index (χ0v) is 23.0. The maximum absolute atomic E-state index is 14.1. The van der Waals surface area contributed by atoms with Crippen molar-refractivity contribution in [3.8, 4) is 11.5 Å². The average Bonchev–Trinajstić information content (AvgIpc) is 2.95. The van der Waals surface area contributed by atoms with Gasteiger partial charge in [-0.25, -0.2) is 14.2 Å². The van der Waals surface area contributed by atoms with Gasteiger partial charge in [-0.2, -0.15) is 11.8 Å². The molecule has 208 valence electrons. The molecule has 0 unspecified atom stereocenters. The van der Waals surface area contributed by atoms with E-state index in [4.69, 9.17) is 9.47 Å². The fourth-order valence-electron chi connectivity index (χ4n) is 5.63. The predicted octanol–water partition coefficient (Wildman–Crippen LogP) is 4.09. The van der Waals surface area contributed by atoms with Crippen LogP contribution in [0.5, 0.6) is 11.5 Å². The van der Waals surface area contributed by atoms with Crippen LogP contribution in [0.25, 0.3) is 11.0 Å². The van der Waals surface area contributed by atoms with Gasteiger partial charge in [-0.1, -0.05) is 0 Å². The zero-order chi connectivity index (χ0) is 27.5. The number of hydrogen-bond acceptors (Lipinski definition) is 7. The van der Waals surface area contributed by atoms with Crippen molar-refractivity contribution in [2.75, 3.05) is 25.2 Å². The van der Waals surface area contributed by atoms with Crippen LogP contribution in [0.15, 0.2) is 40.1 Å². The van der Waals surface area contributed by atoms with Gasteiger partial charge in [0.15, 0.2) is 11.5 Å². The summed E-state index contributed by atoms with van der Waals surface area (Å²) in [7, 11) is 1.55. The Morgan fingerprint density at radius 3 is 2.46 bits per heavy atom. The van der Waals surface area contributed by atoms with Crippen LogP contribution in [0.3, 0.4) is 0 Å². The molecule has 1 aliphatic heterocycles. The Kier molecular flexibility index (Phi) is 8.25. The summed E-state index contributed by atoms with van der Waals surface area (Å²) < 4.78 is 27.9. The van der Waals surface area contributed by atoms with Crippen LogP contribution < -0.4 is 26.0 Å². The number of aromatic nitrogens is 3. The number of methoxy groups -OCH3 is 1. The number of nitrogens with one attached hydrogen (secondary N) is 1. The lowest BCUT2D eigenvalue weighted by Gasteiger charge is -2.31. The van der Waals surface area contributed by atoms with Crippen LogP contribution in [-0.4, -0.2) is 51.3 Å². The Bertz CT molecular complexity index is 1480. The van der Waals surface area contributed by atoms with Crippen LogP contribution in [0.4, 0.5) is 4.39 Å². The van der Waals surface area contributed by atoms with Crippen LogP contribution >= 0.6 is 11.8 Å². The first-order valence-corrected chi connectivity index (χ1v) is 14.6. The van der Waals surface area contributed by atoms with Crippen LogP contribution in [0.2, 0.25) is 0 Å². The van der Waals surface area contributed by atoms with Gasteiger partial charge >= 0.3 is 5.69 Å². The number of halogens is 1. The molecular formula is C28H33FN4O5S. The molecule has 1 N–H and O–H groups in total. The topological polar surface area (TPSA) is 104 Å². The third-order valence-electron chi connectivity index (χ3n) is 7.60. The average molecular weight is 557 g/mol. The number of fused-ring (bicyclic) bond motifs is 1. The van der Waals surface area contributed by atoms with E-state index in [0.717, 1.165) is 30.5 Å². The molecule has 3 heterocycles. The van der Waals surface area contributed by atoms with E-state index in [9.17, 15) is 18.8 Å². The van der Waals surface area contributed by atoms with E-state index in [1.54, 1.807) is 29.9 Å². The maximum atomic E-state index is 14.1. The van der Waals surface area contributed by atoms with Crippen molar-refractivity contribution in [2.24, 2.45) is 0 Å². The predicted molar refractivity (Wildman–Crippen MR) is 149 cm³/mol. The standard InChI is InChI=1S/C28H33FN4O5S/c1-3-38-24-14-17(4-9-23(24)37-2)26(34)31-19-5-7-20(8-6-19)33-27(35)22-15-18(29)16-30-25(22)32(28(33)36)21-10-12-39-13-11-21/h4,9,14-16,19-21H,3,5-8,10-13H2,1-2H3,(H,31,34). The molecule has 1 aliphatic carbocycles. The van der Waals surface area contributed by atoms with E-state index in [0.29, 0.717) is 49.4 Å². The number of amides is 1. The summed E-state index contributed by atoms with van der Waals surface area (Å²) >= 11 is 1.84. The van der Waals surface area contributed by atoms with Crippen molar-refractivity contribution in [3.05, 3.63) is 62.7 Å². The number of nitrogens with zero attached hydrogens (tertiary/aromatic N) is 3. The number of ether oxygens (including phenoxy) is 2. The number of hydrogen-bond donors (Lipinski definition) is 1. The van der Waals surface area contributed by atoms with Crippen molar-refractivity contribution in [1.82, 2.24) is 19.4 Å². The second-order valence-electron chi connectivity index (χ2n) is 9.97. The summed E-state index contributed by atoms with van der Waals surface area (Å²) in [5, 5.41) is 3.21. The number of carbonyl (C=O) groups excluding carboxylic acids is 1. The van der Waals surface area contributed by atoms with Crippen molar-refractivity contribution >= 4 is 28.7 Å². The fraction of sp³-hybridized carbons (Fsp3) is 0.500. The maximum Gasteiger partial charge on any atom is 0.333 e. The summed E-state index contributed by atoms with van der Waals surface area (Å²) in [6.45, 7) is 2.31.